The Balaban J connectivity index is 4.69. The summed E-state index contributed by atoms with van der Waals surface area (Å²) in [4.78, 5) is 26.1. The van der Waals surface area contributed by atoms with Gasteiger partial charge >= 0.3 is 5.97 Å². The summed E-state index contributed by atoms with van der Waals surface area (Å²) in [5.74, 6) is -0.580. The summed E-state index contributed by atoms with van der Waals surface area (Å²) in [7, 11) is 0. The van der Waals surface area contributed by atoms with Gasteiger partial charge in [0.15, 0.2) is 0 Å². The number of hydrogen-bond donors (Lipinski definition) is 3. The van der Waals surface area contributed by atoms with Crippen molar-refractivity contribution in [3.63, 3.8) is 0 Å². The van der Waals surface area contributed by atoms with Gasteiger partial charge in [-0.25, -0.2) is 0 Å². The maximum atomic E-state index is 13.2. The zero-order valence-corrected chi connectivity index (χ0v) is 41.9. The molecule has 0 aliphatic heterocycles. The molecular formula is C58H101NO5. The number of hydrogen-bond acceptors (Lipinski definition) is 5. The lowest BCUT2D eigenvalue weighted by Gasteiger charge is -2.24. The highest BCUT2D eigenvalue weighted by Gasteiger charge is 2.24. The highest BCUT2D eigenvalue weighted by Crippen LogP contribution is 2.17. The van der Waals surface area contributed by atoms with Crippen molar-refractivity contribution in [2.24, 2.45) is 0 Å². The molecule has 0 radical (unpaired) electrons. The first-order chi connectivity index (χ1) is 31.5. The third-order valence-electron chi connectivity index (χ3n) is 11.7. The second kappa shape index (κ2) is 51.0. The van der Waals surface area contributed by atoms with E-state index in [0.717, 1.165) is 77.0 Å². The average Bonchev–Trinajstić information content (AvgIpc) is 3.29. The zero-order chi connectivity index (χ0) is 46.7. The van der Waals surface area contributed by atoms with Crippen LogP contribution in [0, 0.1) is 0 Å². The molecule has 0 aliphatic rings. The van der Waals surface area contributed by atoms with Gasteiger partial charge in [0.1, 0.15) is 6.10 Å². The molecule has 368 valence electrons. The molecule has 0 saturated carbocycles. The van der Waals surface area contributed by atoms with Crippen molar-refractivity contribution in [1.29, 1.82) is 0 Å². The molecule has 1 amide bonds. The van der Waals surface area contributed by atoms with E-state index >= 15 is 0 Å². The van der Waals surface area contributed by atoms with Gasteiger partial charge in [-0.2, -0.15) is 0 Å². The van der Waals surface area contributed by atoms with Gasteiger partial charge in [0.05, 0.1) is 25.2 Å². The molecule has 0 aromatic carbocycles. The van der Waals surface area contributed by atoms with E-state index in [9.17, 15) is 19.8 Å². The first-order valence-electron chi connectivity index (χ1n) is 26.8. The third-order valence-corrected chi connectivity index (χ3v) is 11.7. The van der Waals surface area contributed by atoms with Crippen molar-refractivity contribution in [2.45, 2.75) is 264 Å². The highest BCUT2D eigenvalue weighted by atomic mass is 16.5. The molecule has 0 rings (SSSR count). The molecule has 0 fully saturated rings. The minimum Gasteiger partial charge on any atom is -0.462 e. The van der Waals surface area contributed by atoms with Crippen molar-refractivity contribution in [1.82, 2.24) is 5.32 Å². The van der Waals surface area contributed by atoms with Gasteiger partial charge in [0.2, 0.25) is 5.91 Å². The molecule has 0 aromatic heterocycles. The van der Waals surface area contributed by atoms with Crippen molar-refractivity contribution >= 4 is 11.9 Å². The van der Waals surface area contributed by atoms with Crippen LogP contribution in [0.15, 0.2) is 85.1 Å². The van der Waals surface area contributed by atoms with Crippen LogP contribution in [0.1, 0.15) is 245 Å². The molecule has 0 saturated heterocycles. The SMILES string of the molecule is CC/C=C\C/C=C\C/C=C\C/C=C\C/C=C\C/C=C\CCC(=O)OC(CCCCCCCCC/C=C/CCCCCCCC)CC(=O)NC(CO)C(O)CCCCCCCCCCC. The van der Waals surface area contributed by atoms with E-state index in [1.54, 1.807) is 0 Å². The molecule has 0 aromatic rings. The van der Waals surface area contributed by atoms with Crippen LogP contribution in [0.3, 0.4) is 0 Å². The zero-order valence-electron chi connectivity index (χ0n) is 41.9. The molecular weight excluding hydrogens is 791 g/mol. The van der Waals surface area contributed by atoms with E-state index in [1.165, 1.54) is 116 Å². The van der Waals surface area contributed by atoms with Crippen LogP contribution in [0.4, 0.5) is 0 Å². The van der Waals surface area contributed by atoms with E-state index in [4.69, 9.17) is 4.74 Å². The number of carbonyl (C=O) groups is 2. The number of nitrogens with one attached hydrogen (secondary N) is 1. The number of aliphatic hydroxyl groups excluding tert-OH is 2. The second-order valence-electron chi connectivity index (χ2n) is 17.9. The van der Waals surface area contributed by atoms with Crippen LogP contribution < -0.4 is 5.32 Å². The van der Waals surface area contributed by atoms with Gasteiger partial charge in [-0.05, 0) is 89.9 Å². The van der Waals surface area contributed by atoms with E-state index in [-0.39, 0.29) is 31.3 Å². The second-order valence-corrected chi connectivity index (χ2v) is 17.9. The van der Waals surface area contributed by atoms with Crippen molar-refractivity contribution < 1.29 is 24.5 Å². The number of esters is 1. The molecule has 3 unspecified atom stereocenters. The van der Waals surface area contributed by atoms with E-state index in [2.05, 4.69) is 105 Å². The minimum atomic E-state index is -0.804. The summed E-state index contributed by atoms with van der Waals surface area (Å²) in [6.07, 6.45) is 66.6. The van der Waals surface area contributed by atoms with Gasteiger partial charge in [-0.3, -0.25) is 9.59 Å². The summed E-state index contributed by atoms with van der Waals surface area (Å²) < 4.78 is 5.90. The summed E-state index contributed by atoms with van der Waals surface area (Å²) in [5, 5.41) is 23.7. The number of ether oxygens (including phenoxy) is 1. The van der Waals surface area contributed by atoms with Crippen molar-refractivity contribution in [2.75, 3.05) is 6.61 Å². The standard InChI is InChI=1S/C58H101NO5/c1-4-7-10-13-16-19-21-23-25-27-28-30-32-34-36-39-42-45-48-51-58(63)64-54(49-46-43-40-38-35-33-31-29-26-24-22-20-17-14-11-8-5-2)52-57(62)59-55(53-60)56(61)50-47-44-41-37-18-15-12-9-6-3/h7,10,16,19,23-26,28,30,34,36,42,45,54-56,60-61H,4-6,8-9,11-15,17-18,20-22,27,29,31-33,35,37-41,43-44,46-53H2,1-3H3,(H,59,62)/b10-7-,19-16-,25-23-,26-24+,30-28-,36-34-,45-42-. The van der Waals surface area contributed by atoms with E-state index < -0.39 is 18.2 Å². The normalized spacial score (nSPS) is 13.9. The Morgan fingerprint density at radius 2 is 0.844 bits per heavy atom. The maximum Gasteiger partial charge on any atom is 0.306 e. The van der Waals surface area contributed by atoms with Gasteiger partial charge < -0.3 is 20.3 Å². The lowest BCUT2D eigenvalue weighted by atomic mass is 10.0. The molecule has 64 heavy (non-hydrogen) atoms. The Morgan fingerprint density at radius 3 is 1.28 bits per heavy atom. The lowest BCUT2D eigenvalue weighted by Crippen LogP contribution is -2.46. The minimum absolute atomic E-state index is 0.0409. The fraction of sp³-hybridized carbons (Fsp3) is 0.724. The third kappa shape index (κ3) is 45.6. The van der Waals surface area contributed by atoms with Crippen molar-refractivity contribution in [3.8, 4) is 0 Å². The molecule has 0 bridgehead atoms. The molecule has 0 aliphatic carbocycles. The molecule has 3 atom stereocenters. The Hall–Kier alpha value is -2.96. The monoisotopic (exact) mass is 892 g/mol. The van der Waals surface area contributed by atoms with E-state index in [0.29, 0.717) is 19.3 Å². The van der Waals surface area contributed by atoms with Crippen LogP contribution in [0.2, 0.25) is 0 Å². The number of unbranched alkanes of at least 4 members (excludes halogenated alkanes) is 21. The smallest absolute Gasteiger partial charge is 0.306 e. The first-order valence-corrected chi connectivity index (χ1v) is 26.8. The molecule has 6 nitrogen and oxygen atoms in total. The topological polar surface area (TPSA) is 95.9 Å². The van der Waals surface area contributed by atoms with Gasteiger partial charge in [0, 0.05) is 6.42 Å². The average molecular weight is 892 g/mol. The lowest BCUT2D eigenvalue weighted by molar-refractivity contribution is -0.150. The molecule has 6 heteroatoms. The number of amides is 1. The predicted molar refractivity (Wildman–Crippen MR) is 278 cm³/mol. The summed E-state index contributed by atoms with van der Waals surface area (Å²) in [6.45, 7) is 6.33. The Morgan fingerprint density at radius 1 is 0.469 bits per heavy atom. The number of aliphatic hydroxyl groups is 2. The Bertz CT molecular complexity index is 1230. The van der Waals surface area contributed by atoms with Gasteiger partial charge in [0.25, 0.3) is 0 Å². The summed E-state index contributed by atoms with van der Waals surface area (Å²) >= 11 is 0. The quantitative estimate of drug-likeness (QED) is 0.0321. The number of rotatable bonds is 47. The van der Waals surface area contributed by atoms with Crippen LogP contribution >= 0.6 is 0 Å². The summed E-state index contributed by atoms with van der Waals surface area (Å²) in [6, 6.07) is -0.721. The van der Waals surface area contributed by atoms with Crippen LogP contribution in [-0.4, -0.2) is 46.9 Å². The number of carbonyl (C=O) groups excluding carboxylic acids is 2. The Kier molecular flexibility index (Phi) is 48.7. The first kappa shape index (κ1) is 61.0. The van der Waals surface area contributed by atoms with Gasteiger partial charge in [-0.1, -0.05) is 228 Å². The summed E-state index contributed by atoms with van der Waals surface area (Å²) in [5.41, 5.74) is 0. The van der Waals surface area contributed by atoms with Crippen LogP contribution in [0.25, 0.3) is 0 Å². The number of allylic oxidation sites excluding steroid dienone is 14. The molecule has 3 N–H and O–H groups in total. The van der Waals surface area contributed by atoms with Crippen molar-refractivity contribution in [3.05, 3.63) is 85.1 Å². The predicted octanol–water partition coefficient (Wildman–Crippen LogP) is 16.3. The van der Waals surface area contributed by atoms with E-state index in [1.807, 2.05) is 6.08 Å². The molecule has 0 heterocycles. The molecule has 0 spiro atoms. The van der Waals surface area contributed by atoms with Gasteiger partial charge in [-0.15, -0.1) is 0 Å². The van der Waals surface area contributed by atoms with Crippen LogP contribution in [0.5, 0.6) is 0 Å². The maximum absolute atomic E-state index is 13.2. The van der Waals surface area contributed by atoms with Crippen LogP contribution in [-0.2, 0) is 14.3 Å². The fourth-order valence-electron chi connectivity index (χ4n) is 7.69. The highest BCUT2D eigenvalue weighted by molar-refractivity contribution is 5.77. The largest absolute Gasteiger partial charge is 0.462 e. The fourth-order valence-corrected chi connectivity index (χ4v) is 7.69. The Labute approximate surface area is 395 Å².